The van der Waals surface area contributed by atoms with Crippen molar-refractivity contribution < 1.29 is 9.59 Å². The molecule has 0 aromatic heterocycles. The van der Waals surface area contributed by atoms with Gasteiger partial charge in [-0.25, -0.2) is 0 Å². The predicted molar refractivity (Wildman–Crippen MR) is 106 cm³/mol. The number of hydrogen-bond donors (Lipinski definition) is 1. The lowest BCUT2D eigenvalue weighted by Crippen LogP contribution is -2.49. The highest BCUT2D eigenvalue weighted by Gasteiger charge is 2.37. The summed E-state index contributed by atoms with van der Waals surface area (Å²) >= 11 is 0. The van der Waals surface area contributed by atoms with Gasteiger partial charge in [-0.05, 0) is 67.9 Å². The average Bonchev–Trinajstić information content (AvgIpc) is 3.16. The molecular weight excluding hydrogens is 306 g/mol. The Labute approximate surface area is 152 Å². The highest BCUT2D eigenvalue weighted by Crippen LogP contribution is 2.39. The zero-order valence-electron chi connectivity index (χ0n) is 16.1. The van der Waals surface area contributed by atoms with Crippen LogP contribution in [0.3, 0.4) is 0 Å². The Balaban J connectivity index is 2.01. The highest BCUT2D eigenvalue weighted by molar-refractivity contribution is 5.69. The number of nitrogens with zero attached hydrogens (tertiary/aromatic N) is 1. The van der Waals surface area contributed by atoms with Gasteiger partial charge < -0.3 is 9.59 Å². The number of rotatable bonds is 5. The van der Waals surface area contributed by atoms with Crippen LogP contribution < -0.4 is 0 Å². The summed E-state index contributed by atoms with van der Waals surface area (Å²) in [6.07, 6.45) is 6.51. The highest BCUT2D eigenvalue weighted by atomic mass is 16.3. The first kappa shape index (κ1) is 18.0. The third kappa shape index (κ3) is 3.46. The van der Waals surface area contributed by atoms with Gasteiger partial charge >= 0.3 is 0 Å². The van der Waals surface area contributed by atoms with Gasteiger partial charge in [-0.15, -0.1) is 0 Å². The van der Waals surface area contributed by atoms with Crippen molar-refractivity contribution in [3.63, 3.8) is 0 Å². The standard InChI is InChI=1S/C23H31NO/c1-5-21-22(17(2)24(3,4)19-9-6-7-10-19)11-8-12-23(21)18-13-15-20(25)16-14-18/h8,11-17,19H,5-7,9-10H2,1-4H3/p+1. The van der Waals surface area contributed by atoms with Gasteiger partial charge in [0.05, 0.1) is 20.1 Å². The van der Waals surface area contributed by atoms with E-state index in [9.17, 15) is 5.11 Å². The predicted octanol–water partition coefficient (Wildman–Crippen LogP) is 5.70. The molecule has 0 saturated heterocycles. The van der Waals surface area contributed by atoms with Gasteiger partial charge in [0.15, 0.2) is 0 Å². The lowest BCUT2D eigenvalue weighted by atomic mass is 9.89. The molecule has 25 heavy (non-hydrogen) atoms. The van der Waals surface area contributed by atoms with Gasteiger partial charge in [0.2, 0.25) is 0 Å². The largest absolute Gasteiger partial charge is 0.508 e. The first-order valence-electron chi connectivity index (χ1n) is 9.69. The zero-order valence-corrected chi connectivity index (χ0v) is 16.1. The molecule has 0 aliphatic heterocycles. The Bertz CT molecular complexity index is 711. The quantitative estimate of drug-likeness (QED) is 0.693. The van der Waals surface area contributed by atoms with Crippen LogP contribution in [-0.2, 0) is 6.42 Å². The zero-order chi connectivity index (χ0) is 18.0. The molecule has 0 bridgehead atoms. The SMILES string of the molecule is CCc1c(-c2ccc(O)cc2)cccc1C(C)[N+](C)(C)C1CCCC1. The van der Waals surface area contributed by atoms with Crippen LogP contribution >= 0.6 is 0 Å². The molecule has 0 radical (unpaired) electrons. The van der Waals surface area contributed by atoms with E-state index in [1.165, 1.54) is 47.9 Å². The molecule has 1 N–H and O–H groups in total. The van der Waals surface area contributed by atoms with Gasteiger partial charge in [0, 0.05) is 5.56 Å². The van der Waals surface area contributed by atoms with Crippen molar-refractivity contribution in [1.29, 1.82) is 0 Å². The van der Waals surface area contributed by atoms with Crippen LogP contribution in [0.1, 0.15) is 56.7 Å². The van der Waals surface area contributed by atoms with Crippen LogP contribution in [0.2, 0.25) is 0 Å². The van der Waals surface area contributed by atoms with E-state index < -0.39 is 0 Å². The van der Waals surface area contributed by atoms with Gasteiger partial charge in [-0.3, -0.25) is 0 Å². The fourth-order valence-corrected chi connectivity index (χ4v) is 4.55. The van der Waals surface area contributed by atoms with Gasteiger partial charge in [-0.1, -0.05) is 37.3 Å². The lowest BCUT2D eigenvalue weighted by molar-refractivity contribution is -0.942. The van der Waals surface area contributed by atoms with Crippen LogP contribution in [0.4, 0.5) is 0 Å². The van der Waals surface area contributed by atoms with Crippen molar-refractivity contribution in [2.45, 2.75) is 58.0 Å². The summed E-state index contributed by atoms with van der Waals surface area (Å²) in [5.74, 6) is 0.324. The monoisotopic (exact) mass is 338 g/mol. The lowest BCUT2D eigenvalue weighted by Gasteiger charge is -2.42. The second-order valence-electron chi connectivity index (χ2n) is 8.02. The summed E-state index contributed by atoms with van der Waals surface area (Å²) in [7, 11) is 4.82. The van der Waals surface area contributed by atoms with Crippen LogP contribution in [0.5, 0.6) is 5.75 Å². The molecular formula is C23H32NO+. The van der Waals surface area contributed by atoms with E-state index in [1.54, 1.807) is 12.1 Å². The van der Waals surface area contributed by atoms with Crippen molar-refractivity contribution in [3.05, 3.63) is 53.6 Å². The van der Waals surface area contributed by atoms with Crippen molar-refractivity contribution >= 4 is 0 Å². The van der Waals surface area contributed by atoms with E-state index in [2.05, 4.69) is 46.1 Å². The van der Waals surface area contributed by atoms with E-state index >= 15 is 0 Å². The van der Waals surface area contributed by atoms with E-state index in [1.807, 2.05) is 12.1 Å². The molecule has 1 fully saturated rings. The molecule has 0 heterocycles. The minimum atomic E-state index is 0.324. The molecule has 0 amide bonds. The first-order chi connectivity index (χ1) is 11.9. The van der Waals surface area contributed by atoms with Gasteiger partial charge in [-0.2, -0.15) is 0 Å². The van der Waals surface area contributed by atoms with Crippen molar-refractivity contribution in [2.24, 2.45) is 0 Å². The molecule has 3 rings (SSSR count). The third-order valence-corrected chi connectivity index (χ3v) is 6.46. The number of benzene rings is 2. The summed E-state index contributed by atoms with van der Waals surface area (Å²) in [4.78, 5) is 0. The molecule has 1 aliphatic rings. The first-order valence-corrected chi connectivity index (χ1v) is 9.69. The number of quaternary nitrogens is 1. The Morgan fingerprint density at radius 2 is 1.68 bits per heavy atom. The van der Waals surface area contributed by atoms with Crippen molar-refractivity contribution in [3.8, 4) is 16.9 Å². The van der Waals surface area contributed by atoms with Crippen LogP contribution in [-0.4, -0.2) is 29.7 Å². The summed E-state index contributed by atoms with van der Waals surface area (Å²) < 4.78 is 1.08. The third-order valence-electron chi connectivity index (χ3n) is 6.46. The molecule has 1 unspecified atom stereocenters. The fraction of sp³-hybridized carbons (Fsp3) is 0.478. The molecule has 134 valence electrons. The molecule has 1 saturated carbocycles. The number of phenolic OH excluding ortho intramolecular Hbond substituents is 1. The number of phenols is 1. The Hall–Kier alpha value is -1.80. The molecule has 2 nitrogen and oxygen atoms in total. The van der Waals surface area contributed by atoms with Gasteiger partial charge in [0.1, 0.15) is 11.8 Å². The molecule has 1 atom stereocenters. The molecule has 2 aromatic rings. The second-order valence-corrected chi connectivity index (χ2v) is 8.02. The summed E-state index contributed by atoms with van der Waals surface area (Å²) in [6, 6.07) is 15.6. The number of hydrogen-bond acceptors (Lipinski definition) is 1. The molecule has 2 heteroatoms. The maximum Gasteiger partial charge on any atom is 0.115 e. The Kier molecular flexibility index (Phi) is 5.19. The minimum Gasteiger partial charge on any atom is -0.508 e. The van der Waals surface area contributed by atoms with Crippen molar-refractivity contribution in [1.82, 2.24) is 0 Å². The summed E-state index contributed by atoms with van der Waals surface area (Å²) in [6.45, 7) is 4.65. The summed E-state index contributed by atoms with van der Waals surface area (Å²) in [5.41, 5.74) is 5.42. The van der Waals surface area contributed by atoms with Gasteiger partial charge in [0.25, 0.3) is 0 Å². The topological polar surface area (TPSA) is 20.2 Å². The number of aromatic hydroxyl groups is 1. The molecule has 0 spiro atoms. The van der Waals surface area contributed by atoms with Crippen molar-refractivity contribution in [2.75, 3.05) is 14.1 Å². The smallest absolute Gasteiger partial charge is 0.115 e. The van der Waals surface area contributed by atoms with E-state index in [0.29, 0.717) is 11.8 Å². The minimum absolute atomic E-state index is 0.324. The Morgan fingerprint density at radius 1 is 1.04 bits per heavy atom. The maximum atomic E-state index is 9.60. The normalized spacial score (nSPS) is 17.0. The van der Waals surface area contributed by atoms with Crippen LogP contribution in [0, 0.1) is 0 Å². The second kappa shape index (κ2) is 7.21. The fourth-order valence-electron chi connectivity index (χ4n) is 4.55. The molecule has 2 aromatic carbocycles. The van der Waals surface area contributed by atoms with E-state index in [0.717, 1.165) is 16.9 Å². The van der Waals surface area contributed by atoms with E-state index in [-0.39, 0.29) is 0 Å². The average molecular weight is 339 g/mol. The van der Waals surface area contributed by atoms with E-state index in [4.69, 9.17) is 0 Å². The van der Waals surface area contributed by atoms with Crippen LogP contribution in [0.25, 0.3) is 11.1 Å². The summed E-state index contributed by atoms with van der Waals surface area (Å²) in [5, 5.41) is 9.60. The Morgan fingerprint density at radius 3 is 2.28 bits per heavy atom. The molecule has 1 aliphatic carbocycles. The van der Waals surface area contributed by atoms with Crippen LogP contribution in [0.15, 0.2) is 42.5 Å². The maximum absolute atomic E-state index is 9.60.